The molecule has 24 heteroatoms. The van der Waals surface area contributed by atoms with Crippen LogP contribution in [0.4, 0.5) is 39.5 Å². The monoisotopic (exact) mass is 703 g/mol. The van der Waals surface area contributed by atoms with E-state index in [1.165, 1.54) is 6.92 Å². The number of hydrogen-bond acceptors (Lipinski definition) is 11. The van der Waals surface area contributed by atoms with E-state index in [2.05, 4.69) is 10.8 Å². The molecular formula is C19H18F9NO11S3. The molecule has 0 saturated heterocycles. The van der Waals surface area contributed by atoms with E-state index in [4.69, 9.17) is 9.47 Å². The highest BCUT2D eigenvalue weighted by molar-refractivity contribution is 8.05. The van der Waals surface area contributed by atoms with Crippen LogP contribution < -0.4 is 8.31 Å². The molecule has 0 unspecified atom stereocenters. The summed E-state index contributed by atoms with van der Waals surface area (Å²) in [5.41, 5.74) is -6.97. The molecule has 1 rings (SSSR count). The lowest BCUT2D eigenvalue weighted by Crippen LogP contribution is -2.64. The number of nitrogens with one attached hydrogen (secondary N) is 1. The zero-order chi connectivity index (χ0) is 33.9. The van der Waals surface area contributed by atoms with Crippen molar-refractivity contribution in [1.29, 1.82) is 0 Å². The van der Waals surface area contributed by atoms with E-state index in [0.717, 1.165) is 0 Å². The standard InChI is InChI=1S/C19H18F9NO11S3/c1-11(2)14(30)38-9-3-4-10-39-15(31)12-5-7-13(8-6-12)40-43(36,37)18(24,25)16(20,21)17(22,23)41(32,33)29-42(34,35)19(26,27)28/h5-8,29H,1,3-4,9-10H2,2H3. The third kappa shape index (κ3) is 8.29. The molecular weight excluding hydrogens is 685 g/mol. The van der Waals surface area contributed by atoms with Gasteiger partial charge in [-0.25, -0.2) is 26.4 Å². The van der Waals surface area contributed by atoms with Gasteiger partial charge >= 0.3 is 54.0 Å². The molecule has 1 aromatic carbocycles. The average Bonchev–Trinajstić information content (AvgIpc) is 2.84. The first kappa shape index (κ1) is 37.9. The van der Waals surface area contributed by atoms with Crippen LogP contribution >= 0.6 is 0 Å². The molecule has 0 aliphatic rings. The van der Waals surface area contributed by atoms with Gasteiger partial charge in [-0.3, -0.25) is 0 Å². The summed E-state index contributed by atoms with van der Waals surface area (Å²) in [5, 5.41) is -14.8. The fourth-order valence-electron chi connectivity index (χ4n) is 2.31. The second-order valence-electron chi connectivity index (χ2n) is 7.97. The van der Waals surface area contributed by atoms with Crippen molar-refractivity contribution in [3.8, 4) is 5.75 Å². The summed E-state index contributed by atoms with van der Waals surface area (Å²) >= 11 is 0. The van der Waals surface area contributed by atoms with E-state index in [1.807, 2.05) is 0 Å². The third-order valence-electron chi connectivity index (χ3n) is 4.56. The smallest absolute Gasteiger partial charge is 0.462 e. The fourth-order valence-corrected chi connectivity index (χ4v) is 5.70. The first-order valence-corrected chi connectivity index (χ1v) is 15.0. The number of alkyl halides is 9. The van der Waals surface area contributed by atoms with E-state index < -0.39 is 79.5 Å². The molecule has 0 aliphatic carbocycles. The number of sulfonamides is 2. The van der Waals surface area contributed by atoms with Gasteiger partial charge in [-0.05, 0) is 44.0 Å². The molecule has 0 bridgehead atoms. The van der Waals surface area contributed by atoms with Crippen LogP contribution in [0.5, 0.6) is 5.75 Å². The lowest BCUT2D eigenvalue weighted by molar-refractivity contribution is -0.245. The van der Waals surface area contributed by atoms with Crippen LogP contribution in [-0.4, -0.2) is 72.3 Å². The summed E-state index contributed by atoms with van der Waals surface area (Å²) < 4.78 is 201. The maximum Gasteiger partial charge on any atom is 0.512 e. The highest BCUT2D eigenvalue weighted by atomic mass is 32.3. The van der Waals surface area contributed by atoms with Crippen molar-refractivity contribution < 1.29 is 88.0 Å². The maximum atomic E-state index is 14.2. The first-order valence-electron chi connectivity index (χ1n) is 10.7. The molecule has 0 fully saturated rings. The van der Waals surface area contributed by atoms with Gasteiger partial charge in [0.05, 0.1) is 18.8 Å². The summed E-state index contributed by atoms with van der Waals surface area (Å²) in [6, 6.07) is 1.99. The third-order valence-corrected chi connectivity index (χ3v) is 9.15. The average molecular weight is 704 g/mol. The van der Waals surface area contributed by atoms with Crippen LogP contribution in [0.3, 0.4) is 0 Å². The minimum atomic E-state index is -7.93. The summed E-state index contributed by atoms with van der Waals surface area (Å²) in [4.78, 5) is 23.2. The van der Waals surface area contributed by atoms with Crippen LogP contribution in [-0.2, 0) is 44.4 Å². The van der Waals surface area contributed by atoms with Gasteiger partial charge in [-0.2, -0.15) is 47.9 Å². The molecule has 0 heterocycles. The zero-order valence-electron chi connectivity index (χ0n) is 21.0. The predicted molar refractivity (Wildman–Crippen MR) is 123 cm³/mol. The summed E-state index contributed by atoms with van der Waals surface area (Å²) in [6.07, 6.45) is 0.417. The van der Waals surface area contributed by atoms with Gasteiger partial charge < -0.3 is 13.7 Å². The number of esters is 2. The molecule has 0 saturated carbocycles. The van der Waals surface area contributed by atoms with Gasteiger partial charge in [-0.1, -0.05) is 10.7 Å². The molecule has 0 radical (unpaired) electrons. The minimum absolute atomic E-state index is 0.0472. The number of rotatable bonds is 15. The largest absolute Gasteiger partial charge is 0.512 e. The second kappa shape index (κ2) is 12.9. The number of carbonyl (C=O) groups is 2. The minimum Gasteiger partial charge on any atom is -0.462 e. The van der Waals surface area contributed by atoms with E-state index in [0.29, 0.717) is 24.3 Å². The molecule has 246 valence electrons. The van der Waals surface area contributed by atoms with Crippen molar-refractivity contribution in [2.75, 3.05) is 13.2 Å². The van der Waals surface area contributed by atoms with Crippen molar-refractivity contribution in [2.45, 2.75) is 41.7 Å². The molecule has 12 nitrogen and oxygen atoms in total. The van der Waals surface area contributed by atoms with E-state index in [9.17, 15) is 74.4 Å². The topological polar surface area (TPSA) is 176 Å². The van der Waals surface area contributed by atoms with E-state index in [-0.39, 0.29) is 31.6 Å². The first-order chi connectivity index (χ1) is 19.1. The lowest BCUT2D eigenvalue weighted by atomic mass is 10.2. The maximum absolute atomic E-state index is 14.2. The van der Waals surface area contributed by atoms with Crippen molar-refractivity contribution in [3.05, 3.63) is 42.0 Å². The van der Waals surface area contributed by atoms with Crippen LogP contribution in [0.1, 0.15) is 30.1 Å². The lowest BCUT2D eigenvalue weighted by Gasteiger charge is -2.31. The Morgan fingerprint density at radius 1 is 0.767 bits per heavy atom. The number of ether oxygens (including phenoxy) is 2. The predicted octanol–water partition coefficient (Wildman–Crippen LogP) is 3.04. The molecule has 0 atom stereocenters. The van der Waals surface area contributed by atoms with Gasteiger partial charge in [0.15, 0.2) is 0 Å². The molecule has 1 N–H and O–H groups in total. The molecule has 43 heavy (non-hydrogen) atoms. The fraction of sp³-hybridized carbons (Fsp3) is 0.474. The Kier molecular flexibility index (Phi) is 11.3. The van der Waals surface area contributed by atoms with Gasteiger partial charge in [0.25, 0.3) is 10.0 Å². The zero-order valence-corrected chi connectivity index (χ0v) is 23.4. The number of hydrogen-bond donors (Lipinski definition) is 1. The van der Waals surface area contributed by atoms with Crippen LogP contribution in [0.2, 0.25) is 0 Å². The van der Waals surface area contributed by atoms with Crippen LogP contribution in [0.15, 0.2) is 36.4 Å². The summed E-state index contributed by atoms with van der Waals surface area (Å²) in [6.45, 7) is 4.47. The number of halogens is 9. The molecule has 0 aromatic heterocycles. The van der Waals surface area contributed by atoms with Gasteiger partial charge in [0.1, 0.15) is 5.75 Å². The number of carbonyl (C=O) groups excluding carboxylic acids is 2. The summed E-state index contributed by atoms with van der Waals surface area (Å²) in [7, 11) is -22.7. The Labute approximate surface area is 237 Å². The van der Waals surface area contributed by atoms with Crippen molar-refractivity contribution >= 4 is 42.1 Å². The quantitative estimate of drug-likeness (QED) is 0.0935. The molecule has 0 spiro atoms. The number of benzene rings is 1. The molecule has 1 aromatic rings. The summed E-state index contributed by atoms with van der Waals surface area (Å²) in [5.74, 6) is -10.8. The van der Waals surface area contributed by atoms with Crippen LogP contribution in [0, 0.1) is 0 Å². The highest BCUT2D eigenvalue weighted by Gasteiger charge is 2.83. The normalized spacial score (nSPS) is 13.7. The van der Waals surface area contributed by atoms with Gasteiger partial charge in [-0.15, -0.1) is 0 Å². The van der Waals surface area contributed by atoms with Crippen molar-refractivity contribution in [1.82, 2.24) is 4.13 Å². The highest BCUT2D eigenvalue weighted by Crippen LogP contribution is 2.51. The van der Waals surface area contributed by atoms with Crippen molar-refractivity contribution in [2.24, 2.45) is 0 Å². The number of unbranched alkanes of at least 4 members (excludes halogenated alkanes) is 1. The van der Waals surface area contributed by atoms with E-state index in [1.54, 1.807) is 0 Å². The Morgan fingerprint density at radius 2 is 1.23 bits per heavy atom. The molecule has 0 amide bonds. The Morgan fingerprint density at radius 3 is 1.67 bits per heavy atom. The second-order valence-corrected chi connectivity index (χ2v) is 13.2. The van der Waals surface area contributed by atoms with E-state index >= 15 is 0 Å². The molecule has 0 aliphatic heterocycles. The Hall–Kier alpha value is -3.12. The van der Waals surface area contributed by atoms with Gasteiger partial charge in [0, 0.05) is 5.57 Å². The Bertz CT molecular complexity index is 1540. The Balaban J connectivity index is 3.02. The van der Waals surface area contributed by atoms with Crippen molar-refractivity contribution in [3.63, 3.8) is 0 Å². The van der Waals surface area contributed by atoms with Crippen LogP contribution in [0.25, 0.3) is 0 Å². The van der Waals surface area contributed by atoms with Gasteiger partial charge in [0.2, 0.25) is 0 Å². The SMILES string of the molecule is C=C(C)C(=O)OCCCCOC(=O)c1ccc(OS(=O)(=O)C(F)(F)C(F)(F)C(F)(F)S(=O)(=O)NS(=O)(=O)C(F)(F)F)cc1.